The van der Waals surface area contributed by atoms with Gasteiger partial charge in [0.15, 0.2) is 0 Å². The molecule has 0 amide bonds. The Morgan fingerprint density at radius 2 is 1.76 bits per heavy atom. The lowest BCUT2D eigenvalue weighted by atomic mass is 10.3. The van der Waals surface area contributed by atoms with Crippen molar-refractivity contribution >= 4 is 15.9 Å². The van der Waals surface area contributed by atoms with Gasteiger partial charge in [-0.25, -0.2) is 14.4 Å². The summed E-state index contributed by atoms with van der Waals surface area (Å²) in [5, 5.41) is 0. The number of nitrogens with zero attached hydrogens (tertiary/aromatic N) is 2. The highest BCUT2D eigenvalue weighted by Crippen LogP contribution is 2.28. The first-order valence-electron chi connectivity index (χ1n) is 5.00. The second-order valence-corrected chi connectivity index (χ2v) is 4.46. The van der Waals surface area contributed by atoms with E-state index in [1.54, 1.807) is 6.07 Å². The van der Waals surface area contributed by atoms with Crippen molar-refractivity contribution in [2.75, 3.05) is 0 Å². The number of ether oxygens (including phenoxy) is 1. The van der Waals surface area contributed by atoms with E-state index >= 15 is 0 Å². The molecule has 0 radical (unpaired) electrons. The van der Waals surface area contributed by atoms with Gasteiger partial charge in [-0.05, 0) is 48.0 Å². The molecule has 1 aromatic heterocycles. The van der Waals surface area contributed by atoms with Crippen LogP contribution in [0.15, 0.2) is 28.7 Å². The van der Waals surface area contributed by atoms with E-state index in [0.717, 1.165) is 11.4 Å². The summed E-state index contributed by atoms with van der Waals surface area (Å²) in [7, 11) is 0. The maximum absolute atomic E-state index is 13.1. The Morgan fingerprint density at radius 3 is 2.41 bits per heavy atom. The fourth-order valence-electron chi connectivity index (χ4n) is 1.39. The summed E-state index contributed by atoms with van der Waals surface area (Å²) in [6.45, 7) is 3.70. The summed E-state index contributed by atoms with van der Waals surface area (Å²) in [6, 6.07) is 6.26. The van der Waals surface area contributed by atoms with E-state index in [2.05, 4.69) is 25.9 Å². The van der Waals surface area contributed by atoms with Crippen LogP contribution in [0.4, 0.5) is 4.39 Å². The van der Waals surface area contributed by atoms with Gasteiger partial charge >= 0.3 is 6.01 Å². The molecule has 0 unspecified atom stereocenters. The van der Waals surface area contributed by atoms with E-state index in [4.69, 9.17) is 4.74 Å². The van der Waals surface area contributed by atoms with Crippen molar-refractivity contribution in [3.8, 4) is 11.8 Å². The van der Waals surface area contributed by atoms with Gasteiger partial charge in [0, 0.05) is 17.5 Å². The molecule has 0 spiro atoms. The first-order chi connectivity index (χ1) is 8.04. The molecule has 0 saturated heterocycles. The second kappa shape index (κ2) is 4.79. The highest BCUT2D eigenvalue weighted by atomic mass is 79.9. The Bertz CT molecular complexity index is 540. The molecule has 0 aliphatic heterocycles. The van der Waals surface area contributed by atoms with Crippen LogP contribution >= 0.6 is 15.9 Å². The third kappa shape index (κ3) is 3.00. The van der Waals surface area contributed by atoms with Crippen molar-refractivity contribution in [1.29, 1.82) is 0 Å². The molecule has 17 heavy (non-hydrogen) atoms. The van der Waals surface area contributed by atoms with Crippen molar-refractivity contribution in [3.05, 3.63) is 45.9 Å². The van der Waals surface area contributed by atoms with Gasteiger partial charge < -0.3 is 4.74 Å². The van der Waals surface area contributed by atoms with Gasteiger partial charge in [-0.15, -0.1) is 0 Å². The molecule has 0 fully saturated rings. The van der Waals surface area contributed by atoms with E-state index in [1.165, 1.54) is 12.1 Å². The zero-order chi connectivity index (χ0) is 12.4. The van der Waals surface area contributed by atoms with Crippen molar-refractivity contribution < 1.29 is 9.13 Å². The van der Waals surface area contributed by atoms with Gasteiger partial charge in [0.2, 0.25) is 0 Å². The molecule has 3 nitrogen and oxygen atoms in total. The van der Waals surface area contributed by atoms with Gasteiger partial charge in [0.1, 0.15) is 11.6 Å². The minimum Gasteiger partial charge on any atom is -0.423 e. The number of aromatic nitrogens is 2. The number of hydrogen-bond donors (Lipinski definition) is 0. The lowest BCUT2D eigenvalue weighted by molar-refractivity contribution is 0.432. The predicted molar refractivity (Wildman–Crippen MR) is 65.7 cm³/mol. The number of benzene rings is 1. The molecule has 2 aromatic rings. The topological polar surface area (TPSA) is 35.0 Å². The van der Waals surface area contributed by atoms with Gasteiger partial charge in [-0.2, -0.15) is 0 Å². The molecule has 2 rings (SSSR count). The number of aryl methyl sites for hydroxylation is 2. The zero-order valence-electron chi connectivity index (χ0n) is 9.37. The van der Waals surface area contributed by atoms with E-state index in [0.29, 0.717) is 10.2 Å². The van der Waals surface area contributed by atoms with Gasteiger partial charge in [0.05, 0.1) is 4.47 Å². The van der Waals surface area contributed by atoms with E-state index in [-0.39, 0.29) is 11.8 Å². The van der Waals surface area contributed by atoms with Crippen LogP contribution in [-0.4, -0.2) is 9.97 Å². The molecule has 0 N–H and O–H groups in total. The first-order valence-corrected chi connectivity index (χ1v) is 5.79. The van der Waals surface area contributed by atoms with Crippen LogP contribution in [0.2, 0.25) is 0 Å². The second-order valence-electron chi connectivity index (χ2n) is 3.61. The minimum absolute atomic E-state index is 0.216. The highest BCUT2D eigenvalue weighted by Gasteiger charge is 2.07. The Hall–Kier alpha value is -1.49. The molecule has 0 bridgehead atoms. The molecule has 88 valence electrons. The molecular formula is C12H10BrFN2O. The average molecular weight is 297 g/mol. The van der Waals surface area contributed by atoms with Crippen molar-refractivity contribution in [2.45, 2.75) is 13.8 Å². The third-order valence-electron chi connectivity index (χ3n) is 2.06. The molecule has 0 aliphatic rings. The normalized spacial score (nSPS) is 10.4. The molecule has 1 aromatic carbocycles. The van der Waals surface area contributed by atoms with Crippen LogP contribution < -0.4 is 4.74 Å². The lowest BCUT2D eigenvalue weighted by Crippen LogP contribution is -1.96. The zero-order valence-corrected chi connectivity index (χ0v) is 11.0. The minimum atomic E-state index is -0.368. The van der Waals surface area contributed by atoms with Crippen molar-refractivity contribution in [2.24, 2.45) is 0 Å². The average Bonchev–Trinajstić information content (AvgIpc) is 2.22. The summed E-state index contributed by atoms with van der Waals surface area (Å²) in [5.74, 6) is -0.0115. The maximum atomic E-state index is 13.1. The maximum Gasteiger partial charge on any atom is 0.322 e. The Morgan fingerprint density at radius 1 is 1.12 bits per heavy atom. The van der Waals surface area contributed by atoms with Crippen LogP contribution in [0.25, 0.3) is 0 Å². The van der Waals surface area contributed by atoms with Crippen molar-refractivity contribution in [1.82, 2.24) is 9.97 Å². The first kappa shape index (κ1) is 12.0. The van der Waals surface area contributed by atoms with Gasteiger partial charge in [-0.3, -0.25) is 0 Å². The lowest BCUT2D eigenvalue weighted by Gasteiger charge is -2.07. The van der Waals surface area contributed by atoms with E-state index in [1.807, 2.05) is 19.9 Å². The van der Waals surface area contributed by atoms with Crippen molar-refractivity contribution in [3.63, 3.8) is 0 Å². The summed E-state index contributed by atoms with van der Waals surface area (Å²) >= 11 is 3.28. The summed E-state index contributed by atoms with van der Waals surface area (Å²) < 4.78 is 19.2. The molecule has 0 aliphatic carbocycles. The Kier molecular flexibility index (Phi) is 3.38. The Balaban J connectivity index is 2.34. The molecule has 0 atom stereocenters. The summed E-state index contributed by atoms with van der Waals surface area (Å²) in [4.78, 5) is 8.25. The van der Waals surface area contributed by atoms with Crippen LogP contribution in [0.3, 0.4) is 0 Å². The van der Waals surface area contributed by atoms with E-state index < -0.39 is 0 Å². The van der Waals surface area contributed by atoms with Crippen LogP contribution in [0.5, 0.6) is 11.8 Å². The standard InChI is InChI=1S/C12H10BrFN2O/c1-7-5-8(2)16-12(15-7)17-11-6-9(14)3-4-10(11)13/h3-6H,1-2H3. The molecule has 0 saturated carbocycles. The summed E-state index contributed by atoms with van der Waals surface area (Å²) in [5.41, 5.74) is 1.61. The van der Waals surface area contributed by atoms with Crippen LogP contribution in [-0.2, 0) is 0 Å². The molecule has 1 heterocycles. The smallest absolute Gasteiger partial charge is 0.322 e. The predicted octanol–water partition coefficient (Wildman–Crippen LogP) is 3.79. The largest absolute Gasteiger partial charge is 0.423 e. The molecule has 5 heteroatoms. The van der Waals surface area contributed by atoms with E-state index in [9.17, 15) is 4.39 Å². The van der Waals surface area contributed by atoms with Crippen LogP contribution in [0, 0.1) is 19.7 Å². The van der Waals surface area contributed by atoms with Gasteiger partial charge in [-0.1, -0.05) is 0 Å². The molecular weight excluding hydrogens is 287 g/mol. The fraction of sp³-hybridized carbons (Fsp3) is 0.167. The Labute approximate surface area is 107 Å². The van der Waals surface area contributed by atoms with Gasteiger partial charge in [0.25, 0.3) is 0 Å². The van der Waals surface area contributed by atoms with Crippen LogP contribution in [0.1, 0.15) is 11.4 Å². The fourth-order valence-corrected chi connectivity index (χ4v) is 1.72. The number of hydrogen-bond acceptors (Lipinski definition) is 3. The summed E-state index contributed by atoms with van der Waals surface area (Å²) in [6.07, 6.45) is 0. The third-order valence-corrected chi connectivity index (χ3v) is 2.71. The quantitative estimate of drug-likeness (QED) is 0.846. The SMILES string of the molecule is Cc1cc(C)nc(Oc2cc(F)ccc2Br)n1. The highest BCUT2D eigenvalue weighted by molar-refractivity contribution is 9.10. The number of rotatable bonds is 2. The monoisotopic (exact) mass is 296 g/mol. The number of halogens is 2.